The Morgan fingerprint density at radius 3 is 2.71 bits per heavy atom. The molecule has 24 heavy (non-hydrogen) atoms. The summed E-state index contributed by atoms with van der Waals surface area (Å²) in [6.45, 7) is 3.42. The van der Waals surface area contributed by atoms with E-state index in [0.717, 1.165) is 44.0 Å². The zero-order valence-electron chi connectivity index (χ0n) is 13.5. The smallest absolute Gasteiger partial charge is 0.228 e. The summed E-state index contributed by atoms with van der Waals surface area (Å²) in [6, 6.07) is 12.3. The van der Waals surface area contributed by atoms with Crippen molar-refractivity contribution in [2.24, 2.45) is 5.41 Å². The Morgan fingerprint density at radius 1 is 1.12 bits per heavy atom. The molecule has 0 aliphatic carbocycles. The molecule has 2 aromatic rings. The van der Waals surface area contributed by atoms with Crippen LogP contribution in [0.3, 0.4) is 0 Å². The molecule has 2 saturated heterocycles. The van der Waals surface area contributed by atoms with E-state index in [1.54, 1.807) is 6.20 Å². The maximum atomic E-state index is 13.0. The van der Waals surface area contributed by atoms with Gasteiger partial charge in [0.05, 0.1) is 0 Å². The highest BCUT2D eigenvalue weighted by atomic mass is 19.1. The molecule has 1 spiro atoms. The molecule has 0 saturated carbocycles. The molecule has 3 heterocycles. The van der Waals surface area contributed by atoms with Gasteiger partial charge in [0, 0.05) is 37.7 Å². The van der Waals surface area contributed by atoms with Gasteiger partial charge in [0.15, 0.2) is 0 Å². The van der Waals surface area contributed by atoms with E-state index in [1.807, 2.05) is 35.2 Å². The normalized spacial score (nSPS) is 24.2. The molecule has 0 N–H and O–H groups in total. The quantitative estimate of drug-likeness (QED) is 0.871. The SMILES string of the molecule is O=C1C[C@@]2(CCN(Cc3ccc(F)cc3)C2)CN1c1ccccn1. The monoisotopic (exact) mass is 325 g/mol. The molecular weight excluding hydrogens is 305 g/mol. The highest BCUT2D eigenvalue weighted by Crippen LogP contribution is 2.41. The maximum absolute atomic E-state index is 13.0. The van der Waals surface area contributed by atoms with Gasteiger partial charge in [0.2, 0.25) is 5.91 Å². The van der Waals surface area contributed by atoms with Crippen molar-refractivity contribution in [3.8, 4) is 0 Å². The lowest BCUT2D eigenvalue weighted by Gasteiger charge is -2.24. The van der Waals surface area contributed by atoms with Gasteiger partial charge in [-0.1, -0.05) is 18.2 Å². The molecule has 1 amide bonds. The Kier molecular flexibility index (Phi) is 3.81. The largest absolute Gasteiger partial charge is 0.298 e. The number of carbonyl (C=O) groups excluding carboxylic acids is 1. The van der Waals surface area contributed by atoms with Crippen LogP contribution in [0.5, 0.6) is 0 Å². The van der Waals surface area contributed by atoms with Crippen LogP contribution in [0.4, 0.5) is 10.2 Å². The molecule has 4 rings (SSSR count). The Hall–Kier alpha value is -2.27. The number of anilines is 1. The van der Waals surface area contributed by atoms with Crippen molar-refractivity contribution in [1.82, 2.24) is 9.88 Å². The highest BCUT2D eigenvalue weighted by Gasteiger charge is 2.47. The molecule has 124 valence electrons. The van der Waals surface area contributed by atoms with Gasteiger partial charge in [0.1, 0.15) is 11.6 Å². The summed E-state index contributed by atoms with van der Waals surface area (Å²) < 4.78 is 13.0. The topological polar surface area (TPSA) is 36.4 Å². The Labute approximate surface area is 140 Å². The number of halogens is 1. The molecule has 1 atom stereocenters. The van der Waals surface area contributed by atoms with E-state index in [2.05, 4.69) is 9.88 Å². The molecule has 4 nitrogen and oxygen atoms in total. The molecule has 2 aliphatic rings. The van der Waals surface area contributed by atoms with E-state index in [9.17, 15) is 9.18 Å². The molecule has 0 radical (unpaired) electrons. The fourth-order valence-electron chi connectivity index (χ4n) is 3.90. The number of pyridine rings is 1. The third-order valence-electron chi connectivity index (χ3n) is 5.08. The fraction of sp³-hybridized carbons (Fsp3) is 0.368. The Bertz CT molecular complexity index is 734. The average Bonchev–Trinajstić information content (AvgIpc) is 3.13. The number of carbonyl (C=O) groups is 1. The first-order valence-electron chi connectivity index (χ1n) is 8.32. The molecule has 2 fully saturated rings. The van der Waals surface area contributed by atoms with Crippen molar-refractivity contribution in [3.05, 3.63) is 60.0 Å². The van der Waals surface area contributed by atoms with E-state index in [-0.39, 0.29) is 17.1 Å². The second-order valence-corrected chi connectivity index (χ2v) is 6.93. The van der Waals surface area contributed by atoms with Gasteiger partial charge in [-0.05, 0) is 42.8 Å². The summed E-state index contributed by atoms with van der Waals surface area (Å²) in [5, 5.41) is 0. The predicted molar refractivity (Wildman–Crippen MR) is 89.9 cm³/mol. The van der Waals surface area contributed by atoms with E-state index < -0.39 is 0 Å². The van der Waals surface area contributed by atoms with Crippen LogP contribution in [0.1, 0.15) is 18.4 Å². The van der Waals surface area contributed by atoms with Crippen LogP contribution in [0.25, 0.3) is 0 Å². The second-order valence-electron chi connectivity index (χ2n) is 6.93. The van der Waals surface area contributed by atoms with Crippen LogP contribution >= 0.6 is 0 Å². The summed E-state index contributed by atoms with van der Waals surface area (Å²) in [5.41, 5.74) is 1.13. The van der Waals surface area contributed by atoms with E-state index in [1.165, 1.54) is 12.1 Å². The molecule has 0 unspecified atom stereocenters. The number of amides is 1. The van der Waals surface area contributed by atoms with Gasteiger partial charge in [-0.3, -0.25) is 14.6 Å². The van der Waals surface area contributed by atoms with Gasteiger partial charge < -0.3 is 0 Å². The van der Waals surface area contributed by atoms with E-state index in [0.29, 0.717) is 6.42 Å². The molecule has 2 aliphatic heterocycles. The number of hydrogen-bond donors (Lipinski definition) is 0. The van der Waals surface area contributed by atoms with Gasteiger partial charge in [-0.25, -0.2) is 9.37 Å². The number of nitrogens with zero attached hydrogens (tertiary/aromatic N) is 3. The Balaban J connectivity index is 1.44. The minimum Gasteiger partial charge on any atom is -0.298 e. The first kappa shape index (κ1) is 15.3. The van der Waals surface area contributed by atoms with Crippen molar-refractivity contribution in [2.75, 3.05) is 24.5 Å². The molecule has 5 heteroatoms. The summed E-state index contributed by atoms with van der Waals surface area (Å²) in [4.78, 5) is 21.0. The number of hydrogen-bond acceptors (Lipinski definition) is 3. The van der Waals surface area contributed by atoms with Crippen LogP contribution in [0, 0.1) is 11.2 Å². The first-order valence-corrected chi connectivity index (χ1v) is 8.32. The summed E-state index contributed by atoms with van der Waals surface area (Å²) in [7, 11) is 0. The standard InChI is InChI=1S/C19H20FN3O/c20-16-6-4-15(5-7-16)12-22-10-8-19(13-22)11-18(24)23(14-19)17-3-1-2-9-21-17/h1-7,9H,8,10-14H2/t19-/m1/s1. The third kappa shape index (κ3) is 2.91. The van der Waals surface area contributed by atoms with Gasteiger partial charge in [-0.2, -0.15) is 0 Å². The first-order chi connectivity index (χ1) is 11.6. The Morgan fingerprint density at radius 2 is 1.96 bits per heavy atom. The number of benzene rings is 1. The lowest BCUT2D eigenvalue weighted by atomic mass is 9.86. The predicted octanol–water partition coefficient (Wildman–Crippen LogP) is 2.85. The summed E-state index contributed by atoms with van der Waals surface area (Å²) >= 11 is 0. The van der Waals surface area contributed by atoms with Crippen molar-refractivity contribution in [2.45, 2.75) is 19.4 Å². The van der Waals surface area contributed by atoms with Crippen molar-refractivity contribution >= 4 is 11.7 Å². The molecular formula is C19H20FN3O. The van der Waals surface area contributed by atoms with Crippen molar-refractivity contribution in [1.29, 1.82) is 0 Å². The zero-order chi connectivity index (χ0) is 16.6. The van der Waals surface area contributed by atoms with Crippen LogP contribution in [-0.4, -0.2) is 35.4 Å². The van der Waals surface area contributed by atoms with Crippen molar-refractivity contribution in [3.63, 3.8) is 0 Å². The minimum atomic E-state index is -0.205. The van der Waals surface area contributed by atoms with Gasteiger partial charge in [0.25, 0.3) is 0 Å². The van der Waals surface area contributed by atoms with Crippen molar-refractivity contribution < 1.29 is 9.18 Å². The number of rotatable bonds is 3. The van der Waals surface area contributed by atoms with Gasteiger partial charge in [-0.15, -0.1) is 0 Å². The zero-order valence-corrected chi connectivity index (χ0v) is 13.5. The average molecular weight is 325 g/mol. The van der Waals surface area contributed by atoms with Crippen LogP contribution in [-0.2, 0) is 11.3 Å². The van der Waals surface area contributed by atoms with Crippen LogP contribution < -0.4 is 4.90 Å². The second kappa shape index (κ2) is 5.98. The van der Waals surface area contributed by atoms with Crippen LogP contribution in [0.15, 0.2) is 48.7 Å². The molecule has 1 aromatic carbocycles. The minimum absolute atomic E-state index is 0.0225. The van der Waals surface area contributed by atoms with Gasteiger partial charge >= 0.3 is 0 Å². The highest BCUT2D eigenvalue weighted by molar-refractivity contribution is 5.95. The van der Waals surface area contributed by atoms with Crippen LogP contribution in [0.2, 0.25) is 0 Å². The fourth-order valence-corrected chi connectivity index (χ4v) is 3.90. The lowest BCUT2D eigenvalue weighted by Crippen LogP contribution is -2.31. The molecule has 0 bridgehead atoms. The summed E-state index contributed by atoms with van der Waals surface area (Å²) in [5.74, 6) is 0.706. The van der Waals surface area contributed by atoms with E-state index >= 15 is 0 Å². The maximum Gasteiger partial charge on any atom is 0.228 e. The summed E-state index contributed by atoms with van der Waals surface area (Å²) in [6.07, 6.45) is 3.33. The number of aromatic nitrogens is 1. The lowest BCUT2D eigenvalue weighted by molar-refractivity contribution is -0.117. The van der Waals surface area contributed by atoms with E-state index in [4.69, 9.17) is 0 Å². The molecule has 1 aromatic heterocycles. The third-order valence-corrected chi connectivity index (χ3v) is 5.08. The number of likely N-dealkylation sites (tertiary alicyclic amines) is 1.